The summed E-state index contributed by atoms with van der Waals surface area (Å²) in [5.74, 6) is -0.501. The Balaban J connectivity index is 1.71. The van der Waals surface area contributed by atoms with Crippen molar-refractivity contribution < 1.29 is 18.0 Å². The van der Waals surface area contributed by atoms with Crippen molar-refractivity contribution in [3.63, 3.8) is 0 Å². The van der Waals surface area contributed by atoms with Gasteiger partial charge < -0.3 is 5.32 Å². The molecule has 10 heteroatoms. The molecule has 2 aromatic carbocycles. The molecule has 1 amide bonds. The summed E-state index contributed by atoms with van der Waals surface area (Å²) < 4.78 is 38.4. The molecule has 27 heavy (non-hydrogen) atoms. The fourth-order valence-corrected chi connectivity index (χ4v) is 2.26. The van der Waals surface area contributed by atoms with Crippen LogP contribution in [0, 0.1) is 11.3 Å². The van der Waals surface area contributed by atoms with Crippen LogP contribution in [0.5, 0.6) is 0 Å². The zero-order valence-electron chi connectivity index (χ0n) is 13.6. The number of nitrogens with one attached hydrogen (secondary N) is 1. The molecule has 1 heterocycles. The van der Waals surface area contributed by atoms with Crippen molar-refractivity contribution in [2.24, 2.45) is 0 Å². The topological polar surface area (TPSA) is 96.5 Å². The number of nitrogens with zero attached hydrogens (tertiary/aromatic N) is 5. The molecule has 1 N–H and O–H groups in total. The molecule has 1 aromatic heterocycles. The lowest BCUT2D eigenvalue weighted by molar-refractivity contribution is -0.137. The Bertz CT molecular complexity index is 1020. The maximum atomic E-state index is 12.8. The molecule has 0 aliphatic rings. The number of anilines is 1. The van der Waals surface area contributed by atoms with E-state index in [1.807, 2.05) is 6.07 Å². The Labute approximate surface area is 151 Å². The standard InChI is InChI=1S/C17H11F3N6O/c18-17(19,20)13-5-2-4-12(8-13)16-23-25-26(24-16)10-15(27)22-14-6-1-3-11(7-14)9-21/h1-8H,10H2,(H,22,27). The minimum absolute atomic E-state index is 0.0274. The molecular weight excluding hydrogens is 361 g/mol. The van der Waals surface area contributed by atoms with Crippen molar-refractivity contribution >= 4 is 11.6 Å². The maximum absolute atomic E-state index is 12.8. The van der Waals surface area contributed by atoms with E-state index < -0.39 is 17.6 Å². The van der Waals surface area contributed by atoms with Crippen LogP contribution >= 0.6 is 0 Å². The highest BCUT2D eigenvalue weighted by molar-refractivity contribution is 5.90. The summed E-state index contributed by atoms with van der Waals surface area (Å²) in [6.45, 7) is -0.289. The van der Waals surface area contributed by atoms with Crippen LogP contribution in [0.2, 0.25) is 0 Å². The molecular formula is C17H11F3N6O. The first-order chi connectivity index (χ1) is 12.8. The molecule has 0 unspecified atom stereocenters. The number of hydrogen-bond acceptors (Lipinski definition) is 5. The largest absolute Gasteiger partial charge is 0.416 e. The molecule has 3 rings (SSSR count). The molecule has 136 valence electrons. The van der Waals surface area contributed by atoms with Gasteiger partial charge in [-0.25, -0.2) is 0 Å². The van der Waals surface area contributed by atoms with Gasteiger partial charge in [-0.2, -0.15) is 23.2 Å². The van der Waals surface area contributed by atoms with Crippen LogP contribution in [-0.2, 0) is 17.5 Å². The summed E-state index contributed by atoms with van der Waals surface area (Å²) in [4.78, 5) is 13.0. The lowest BCUT2D eigenvalue weighted by Gasteiger charge is -2.06. The maximum Gasteiger partial charge on any atom is 0.416 e. The third-order valence-corrected chi connectivity index (χ3v) is 3.46. The second-order valence-corrected chi connectivity index (χ2v) is 5.46. The lowest BCUT2D eigenvalue weighted by Crippen LogP contribution is -2.20. The second-order valence-electron chi connectivity index (χ2n) is 5.46. The number of aromatic nitrogens is 4. The number of alkyl halides is 3. The quantitative estimate of drug-likeness (QED) is 0.760. The van der Waals surface area contributed by atoms with E-state index in [4.69, 9.17) is 5.26 Å². The third kappa shape index (κ3) is 4.46. The predicted molar refractivity (Wildman–Crippen MR) is 88.0 cm³/mol. The van der Waals surface area contributed by atoms with Crippen molar-refractivity contribution in [1.29, 1.82) is 5.26 Å². The van der Waals surface area contributed by atoms with Gasteiger partial charge in [-0.15, -0.1) is 10.2 Å². The highest BCUT2D eigenvalue weighted by Gasteiger charge is 2.30. The molecule has 0 radical (unpaired) electrons. The first kappa shape index (κ1) is 18.1. The van der Waals surface area contributed by atoms with Crippen molar-refractivity contribution in [3.05, 3.63) is 59.7 Å². The van der Waals surface area contributed by atoms with Crippen molar-refractivity contribution in [2.75, 3.05) is 5.32 Å². The van der Waals surface area contributed by atoms with Gasteiger partial charge in [0.05, 0.1) is 17.2 Å². The number of carbonyl (C=O) groups is 1. The molecule has 0 fully saturated rings. The highest BCUT2D eigenvalue weighted by Crippen LogP contribution is 2.31. The fourth-order valence-electron chi connectivity index (χ4n) is 2.26. The van der Waals surface area contributed by atoms with Gasteiger partial charge in [0.15, 0.2) is 0 Å². The smallest absolute Gasteiger partial charge is 0.324 e. The molecule has 0 bridgehead atoms. The Kier molecular flexibility index (Phi) is 4.85. The number of amides is 1. The summed E-state index contributed by atoms with van der Waals surface area (Å²) in [5, 5.41) is 22.7. The predicted octanol–water partition coefficient (Wildman–Crippen LogP) is 2.87. The zero-order chi connectivity index (χ0) is 19.4. The van der Waals surface area contributed by atoms with E-state index in [1.165, 1.54) is 18.2 Å². The van der Waals surface area contributed by atoms with E-state index in [0.29, 0.717) is 11.3 Å². The van der Waals surface area contributed by atoms with Crippen LogP contribution in [-0.4, -0.2) is 26.1 Å². The van der Waals surface area contributed by atoms with E-state index in [1.54, 1.807) is 18.2 Å². The van der Waals surface area contributed by atoms with Gasteiger partial charge in [0.25, 0.3) is 0 Å². The summed E-state index contributed by atoms with van der Waals surface area (Å²) in [6.07, 6.45) is -4.48. The van der Waals surface area contributed by atoms with Gasteiger partial charge in [-0.05, 0) is 35.5 Å². The van der Waals surface area contributed by atoms with Crippen LogP contribution in [0.1, 0.15) is 11.1 Å². The van der Waals surface area contributed by atoms with E-state index in [0.717, 1.165) is 16.9 Å². The normalized spacial score (nSPS) is 11.0. The summed E-state index contributed by atoms with van der Waals surface area (Å²) in [7, 11) is 0. The SMILES string of the molecule is N#Cc1cccc(NC(=O)Cn2nnc(-c3cccc(C(F)(F)F)c3)n2)c1. The molecule has 0 saturated heterocycles. The van der Waals surface area contributed by atoms with E-state index in [9.17, 15) is 18.0 Å². The number of hydrogen-bond donors (Lipinski definition) is 1. The van der Waals surface area contributed by atoms with Crippen molar-refractivity contribution in [2.45, 2.75) is 12.7 Å². The molecule has 3 aromatic rings. The lowest BCUT2D eigenvalue weighted by atomic mass is 10.1. The number of carbonyl (C=O) groups excluding carboxylic acids is 1. The molecule has 7 nitrogen and oxygen atoms in total. The van der Waals surface area contributed by atoms with Crippen LogP contribution in [0.3, 0.4) is 0 Å². The second kappa shape index (κ2) is 7.25. The average molecular weight is 372 g/mol. The van der Waals surface area contributed by atoms with E-state index in [-0.39, 0.29) is 17.9 Å². The summed E-state index contributed by atoms with van der Waals surface area (Å²) in [5.41, 5.74) is 0.125. The van der Waals surface area contributed by atoms with Crippen molar-refractivity contribution in [3.8, 4) is 17.5 Å². The minimum atomic E-state index is -4.48. The number of nitriles is 1. The number of benzene rings is 2. The average Bonchev–Trinajstić information content (AvgIpc) is 3.09. The minimum Gasteiger partial charge on any atom is -0.324 e. The Morgan fingerprint density at radius 1 is 1.19 bits per heavy atom. The third-order valence-electron chi connectivity index (χ3n) is 3.46. The Morgan fingerprint density at radius 3 is 2.70 bits per heavy atom. The van der Waals surface area contributed by atoms with Crippen molar-refractivity contribution in [1.82, 2.24) is 20.2 Å². The van der Waals surface area contributed by atoms with Crippen LogP contribution < -0.4 is 5.32 Å². The van der Waals surface area contributed by atoms with Crippen LogP contribution in [0.15, 0.2) is 48.5 Å². The van der Waals surface area contributed by atoms with E-state index in [2.05, 4.69) is 20.7 Å². The fraction of sp³-hybridized carbons (Fsp3) is 0.118. The van der Waals surface area contributed by atoms with Gasteiger partial charge in [0.2, 0.25) is 11.7 Å². The summed E-state index contributed by atoms with van der Waals surface area (Å²) in [6, 6.07) is 12.8. The Hall–Kier alpha value is -3.74. The highest BCUT2D eigenvalue weighted by atomic mass is 19.4. The van der Waals surface area contributed by atoms with Gasteiger partial charge in [0, 0.05) is 11.3 Å². The van der Waals surface area contributed by atoms with Gasteiger partial charge in [-0.1, -0.05) is 18.2 Å². The molecule has 0 aliphatic carbocycles. The van der Waals surface area contributed by atoms with E-state index >= 15 is 0 Å². The van der Waals surface area contributed by atoms with Crippen LogP contribution in [0.4, 0.5) is 18.9 Å². The van der Waals surface area contributed by atoms with Crippen LogP contribution in [0.25, 0.3) is 11.4 Å². The number of rotatable bonds is 4. The van der Waals surface area contributed by atoms with Gasteiger partial charge in [-0.3, -0.25) is 4.79 Å². The number of halogens is 3. The van der Waals surface area contributed by atoms with Gasteiger partial charge in [0.1, 0.15) is 6.54 Å². The summed E-state index contributed by atoms with van der Waals surface area (Å²) >= 11 is 0. The Morgan fingerprint density at radius 2 is 1.96 bits per heavy atom. The first-order valence-corrected chi connectivity index (χ1v) is 7.60. The molecule has 0 saturated carbocycles. The van der Waals surface area contributed by atoms with Gasteiger partial charge >= 0.3 is 6.18 Å². The molecule has 0 aliphatic heterocycles. The zero-order valence-corrected chi connectivity index (χ0v) is 13.6. The molecule has 0 atom stereocenters. The monoisotopic (exact) mass is 372 g/mol. The molecule has 0 spiro atoms. The number of tetrazole rings is 1. The first-order valence-electron chi connectivity index (χ1n) is 7.60.